The van der Waals surface area contributed by atoms with Crippen molar-refractivity contribution in [3.63, 3.8) is 0 Å². The Hall–Kier alpha value is -3.77. The molecule has 6 rings (SSSR count). The normalized spacial score (nSPS) is 22.3. The van der Waals surface area contributed by atoms with E-state index in [2.05, 4.69) is 20.1 Å². The summed E-state index contributed by atoms with van der Waals surface area (Å²) in [5.74, 6) is -1.65. The van der Waals surface area contributed by atoms with Crippen LogP contribution in [0.5, 0.6) is 0 Å². The Morgan fingerprint density at radius 2 is 1.97 bits per heavy atom. The van der Waals surface area contributed by atoms with E-state index >= 15 is 4.39 Å². The number of pyridine rings is 1. The first kappa shape index (κ1) is 21.7. The lowest BCUT2D eigenvalue weighted by Gasteiger charge is -2.43. The molecule has 0 fully saturated rings. The molecule has 2 aliphatic rings. The second-order valence-electron chi connectivity index (χ2n) is 9.08. The summed E-state index contributed by atoms with van der Waals surface area (Å²) < 4.78 is 77.4. The minimum Gasteiger partial charge on any atom is -0.432 e. The fraction of sp³-hybridized carbons (Fsp3) is 0.364. The van der Waals surface area contributed by atoms with Crippen LogP contribution in [0, 0.1) is 0 Å². The maximum absolute atomic E-state index is 15.8. The Morgan fingerprint density at radius 1 is 1.20 bits per heavy atom. The minimum absolute atomic E-state index is 0.0422. The van der Waals surface area contributed by atoms with Gasteiger partial charge in [-0.15, -0.1) is 0 Å². The third kappa shape index (κ3) is 3.09. The summed E-state index contributed by atoms with van der Waals surface area (Å²) in [6.07, 6.45) is -3.71. The Labute approximate surface area is 193 Å². The molecule has 35 heavy (non-hydrogen) atoms. The number of alkyl halides is 5. The molecule has 13 heteroatoms. The Kier molecular flexibility index (Phi) is 4.28. The van der Waals surface area contributed by atoms with Crippen molar-refractivity contribution in [2.75, 3.05) is 0 Å². The van der Waals surface area contributed by atoms with Gasteiger partial charge in [-0.25, -0.2) is 23.3 Å². The van der Waals surface area contributed by atoms with E-state index in [1.54, 1.807) is 0 Å². The van der Waals surface area contributed by atoms with Gasteiger partial charge in [-0.2, -0.15) is 18.3 Å². The highest BCUT2D eigenvalue weighted by atomic mass is 19.4. The van der Waals surface area contributed by atoms with Gasteiger partial charge in [0.2, 0.25) is 11.7 Å². The van der Waals surface area contributed by atoms with Gasteiger partial charge in [-0.3, -0.25) is 4.79 Å². The first-order chi connectivity index (χ1) is 16.4. The van der Waals surface area contributed by atoms with Crippen molar-refractivity contribution in [3.05, 3.63) is 70.7 Å². The first-order valence-electron chi connectivity index (χ1n) is 10.7. The van der Waals surface area contributed by atoms with Crippen molar-refractivity contribution >= 4 is 11.4 Å². The topological polar surface area (TPSA) is 92.3 Å². The third-order valence-electron chi connectivity index (χ3n) is 6.36. The number of amides is 1. The van der Waals surface area contributed by atoms with Crippen LogP contribution in [0.2, 0.25) is 0 Å². The number of nitrogens with zero attached hydrogens (tertiary/aromatic N) is 5. The summed E-state index contributed by atoms with van der Waals surface area (Å²) in [5, 5.41) is 4.28. The van der Waals surface area contributed by atoms with Crippen LogP contribution in [-0.2, 0) is 18.3 Å². The van der Waals surface area contributed by atoms with Gasteiger partial charge in [0.25, 0.3) is 5.91 Å². The molecule has 0 spiro atoms. The van der Waals surface area contributed by atoms with Gasteiger partial charge in [-0.05, 0) is 32.0 Å². The summed E-state index contributed by atoms with van der Waals surface area (Å²) in [6, 6.07) is 1.15. The highest BCUT2D eigenvalue weighted by molar-refractivity contribution is 5.95. The molecule has 0 radical (unpaired) electrons. The molecule has 0 bridgehead atoms. The molecule has 4 aromatic rings. The fourth-order valence-corrected chi connectivity index (χ4v) is 4.79. The van der Waals surface area contributed by atoms with Crippen molar-refractivity contribution in [1.29, 1.82) is 0 Å². The maximum atomic E-state index is 15.8. The molecule has 1 N–H and O–H groups in total. The predicted molar refractivity (Wildman–Crippen MR) is 109 cm³/mol. The number of hydrogen-bond donors (Lipinski definition) is 1. The number of oxazole rings is 1. The van der Waals surface area contributed by atoms with E-state index < -0.39 is 53.2 Å². The monoisotopic (exact) mass is 492 g/mol. The molecule has 3 atom stereocenters. The molecule has 2 unspecified atom stereocenters. The van der Waals surface area contributed by atoms with Gasteiger partial charge in [0.05, 0.1) is 34.8 Å². The Bertz CT molecular complexity index is 1480. The zero-order chi connectivity index (χ0) is 24.9. The molecule has 0 saturated carbocycles. The number of aromatic nitrogens is 5. The minimum atomic E-state index is -4.64. The van der Waals surface area contributed by atoms with E-state index in [0.717, 1.165) is 15.5 Å². The number of halogens is 5. The van der Waals surface area contributed by atoms with Crippen molar-refractivity contribution in [2.45, 2.75) is 50.4 Å². The highest BCUT2D eigenvalue weighted by Gasteiger charge is 2.52. The lowest BCUT2D eigenvalue weighted by molar-refractivity contribution is -0.136. The quantitative estimate of drug-likeness (QED) is 0.418. The molecule has 2 aliphatic heterocycles. The smallest absolute Gasteiger partial charge is 0.418 e. The molecule has 182 valence electrons. The van der Waals surface area contributed by atoms with Crippen molar-refractivity contribution in [3.8, 4) is 0 Å². The number of fused-ring (bicyclic) bond motifs is 4. The average molecular weight is 492 g/mol. The standard InChI is InChI=1S/C22H17F5N6O2/c1-21(2,24)20-30-16-14(23)13-6-10-15(29-8-28-10)17(33(13)19(34)18(16)35-20)11-7-12-9(22(25,26)27)4-3-5-32(12)31-11/h3-5,7-8,13-14,17H,6H2,1-2H3,(H,28,29)/t13?,14?,17-/m1/s1. The van der Waals surface area contributed by atoms with Gasteiger partial charge in [0, 0.05) is 18.3 Å². The zero-order valence-corrected chi connectivity index (χ0v) is 18.3. The van der Waals surface area contributed by atoms with E-state index in [1.807, 2.05) is 0 Å². The lowest BCUT2D eigenvalue weighted by Crippen LogP contribution is -2.52. The van der Waals surface area contributed by atoms with E-state index in [9.17, 15) is 22.4 Å². The molecular formula is C22H17F5N6O2. The van der Waals surface area contributed by atoms with E-state index in [4.69, 9.17) is 4.42 Å². The molecule has 0 saturated heterocycles. The van der Waals surface area contributed by atoms with Crippen LogP contribution in [0.3, 0.4) is 0 Å². The number of aromatic amines is 1. The Balaban J connectivity index is 1.54. The van der Waals surface area contributed by atoms with Gasteiger partial charge >= 0.3 is 6.18 Å². The van der Waals surface area contributed by atoms with Crippen LogP contribution in [0.15, 0.2) is 35.1 Å². The number of hydrogen-bond acceptors (Lipinski definition) is 5. The molecule has 6 heterocycles. The summed E-state index contributed by atoms with van der Waals surface area (Å²) >= 11 is 0. The molecule has 1 amide bonds. The first-order valence-corrected chi connectivity index (χ1v) is 10.7. The SMILES string of the molecule is CC(C)(F)c1nc2c(o1)C(=O)N1C(Cc3[nH]cnc3[C@H]1c1cc3c(C(F)(F)F)cccn3n1)C2F. The van der Waals surface area contributed by atoms with Crippen LogP contribution in [0.1, 0.15) is 70.8 Å². The van der Waals surface area contributed by atoms with Crippen molar-refractivity contribution in [2.24, 2.45) is 0 Å². The Morgan fingerprint density at radius 3 is 2.69 bits per heavy atom. The largest absolute Gasteiger partial charge is 0.432 e. The van der Waals surface area contributed by atoms with Gasteiger partial charge < -0.3 is 14.3 Å². The summed E-state index contributed by atoms with van der Waals surface area (Å²) in [5.41, 5.74) is -2.59. The predicted octanol–water partition coefficient (Wildman–Crippen LogP) is 4.45. The van der Waals surface area contributed by atoms with Gasteiger partial charge in [-0.1, -0.05) is 0 Å². The summed E-state index contributed by atoms with van der Waals surface area (Å²) in [7, 11) is 0. The second kappa shape index (κ2) is 6.89. The number of carbonyl (C=O) groups is 1. The van der Waals surface area contributed by atoms with E-state index in [1.165, 1.54) is 38.5 Å². The molecule has 4 aromatic heterocycles. The fourth-order valence-electron chi connectivity index (χ4n) is 4.79. The molecule has 0 aliphatic carbocycles. The summed E-state index contributed by atoms with van der Waals surface area (Å²) in [6.45, 7) is 2.34. The van der Waals surface area contributed by atoms with Crippen molar-refractivity contribution in [1.82, 2.24) is 29.5 Å². The molecular weight excluding hydrogens is 475 g/mol. The maximum Gasteiger partial charge on any atom is 0.418 e. The number of imidazole rings is 1. The van der Waals surface area contributed by atoms with E-state index in [-0.39, 0.29) is 23.3 Å². The lowest BCUT2D eigenvalue weighted by atomic mass is 9.87. The van der Waals surface area contributed by atoms with Crippen molar-refractivity contribution < 1.29 is 31.2 Å². The van der Waals surface area contributed by atoms with Gasteiger partial charge in [0.15, 0.2) is 11.8 Å². The third-order valence-corrected chi connectivity index (χ3v) is 6.36. The van der Waals surface area contributed by atoms with Crippen LogP contribution in [0.4, 0.5) is 22.0 Å². The number of nitrogens with one attached hydrogen (secondary N) is 1. The summed E-state index contributed by atoms with van der Waals surface area (Å²) in [4.78, 5) is 25.8. The molecule has 0 aromatic carbocycles. The van der Waals surface area contributed by atoms with Crippen LogP contribution in [-0.4, -0.2) is 41.4 Å². The number of H-pyrrole nitrogens is 1. The highest BCUT2D eigenvalue weighted by Crippen LogP contribution is 2.47. The second-order valence-corrected chi connectivity index (χ2v) is 9.08. The van der Waals surface area contributed by atoms with Crippen LogP contribution in [0.25, 0.3) is 5.52 Å². The number of rotatable bonds is 2. The number of carbonyl (C=O) groups excluding carboxylic acids is 1. The van der Waals surface area contributed by atoms with E-state index in [0.29, 0.717) is 11.4 Å². The zero-order valence-electron chi connectivity index (χ0n) is 18.3. The van der Waals surface area contributed by atoms with Crippen LogP contribution < -0.4 is 0 Å². The van der Waals surface area contributed by atoms with Crippen LogP contribution >= 0.6 is 0 Å². The molecule has 8 nitrogen and oxygen atoms in total. The average Bonchev–Trinajstić information content (AvgIpc) is 3.52. The van der Waals surface area contributed by atoms with Gasteiger partial charge in [0.1, 0.15) is 11.7 Å².